The topological polar surface area (TPSA) is 103 Å². The van der Waals surface area contributed by atoms with Crippen LogP contribution in [0, 0.1) is 0 Å². The minimum Gasteiger partial charge on any atom is -0.478 e. The molecule has 0 saturated heterocycles. The first kappa shape index (κ1) is 24.1. The molecule has 172 valence electrons. The molecular weight excluding hydrogens is 430 g/mol. The van der Waals surface area contributed by atoms with Gasteiger partial charge in [-0.2, -0.15) is 0 Å². The Bertz CT molecular complexity index is 1440. The van der Waals surface area contributed by atoms with Gasteiger partial charge in [0.2, 0.25) is 0 Å². The summed E-state index contributed by atoms with van der Waals surface area (Å²) < 4.78 is 11.7. The second-order valence-corrected chi connectivity index (χ2v) is 7.12. The van der Waals surface area contributed by atoms with Crippen molar-refractivity contribution < 1.29 is 19.1 Å². The number of aromatic carboxylic acids is 1. The van der Waals surface area contributed by atoms with E-state index in [9.17, 15) is 14.7 Å². The Hall–Kier alpha value is -4.58. The fourth-order valence-electron chi connectivity index (χ4n) is 3.48. The van der Waals surface area contributed by atoms with Crippen molar-refractivity contribution in [1.82, 2.24) is 0 Å². The first-order chi connectivity index (χ1) is 16.3. The molecule has 4 rings (SSSR count). The first-order valence-corrected chi connectivity index (χ1v) is 10.7. The van der Waals surface area contributed by atoms with Gasteiger partial charge in [0, 0.05) is 34.3 Å². The number of ether oxygens (including phenoxy) is 1. The SMILES string of the molecule is C=C(N)/C=C\C(=C)Oc1ccc2c(-c3ccccc3C(=O)O)c3ccc(=O)cc-3oc2c1.CC. The molecule has 0 amide bonds. The van der Waals surface area contributed by atoms with Crippen LogP contribution in [0.5, 0.6) is 5.75 Å². The van der Waals surface area contributed by atoms with Gasteiger partial charge in [-0.3, -0.25) is 4.79 Å². The van der Waals surface area contributed by atoms with E-state index in [4.69, 9.17) is 14.9 Å². The molecule has 1 heterocycles. The number of hydrogen-bond donors (Lipinski definition) is 2. The van der Waals surface area contributed by atoms with Crippen molar-refractivity contribution in [3.05, 3.63) is 113 Å². The molecular formula is C28H25NO5. The van der Waals surface area contributed by atoms with E-state index in [1.165, 1.54) is 12.1 Å². The van der Waals surface area contributed by atoms with E-state index in [2.05, 4.69) is 13.2 Å². The number of carbonyl (C=O) groups is 1. The summed E-state index contributed by atoms with van der Waals surface area (Å²) in [6, 6.07) is 16.3. The average Bonchev–Trinajstić information content (AvgIpc) is 2.82. The van der Waals surface area contributed by atoms with Crippen molar-refractivity contribution in [3.8, 4) is 28.2 Å². The van der Waals surface area contributed by atoms with Gasteiger partial charge in [0.25, 0.3) is 0 Å². The lowest BCUT2D eigenvalue weighted by molar-refractivity contribution is 0.0697. The molecule has 0 bridgehead atoms. The van der Waals surface area contributed by atoms with Crippen LogP contribution >= 0.6 is 0 Å². The zero-order chi connectivity index (χ0) is 24.8. The van der Waals surface area contributed by atoms with Crippen molar-refractivity contribution in [2.75, 3.05) is 0 Å². The average molecular weight is 456 g/mol. The molecule has 0 saturated carbocycles. The van der Waals surface area contributed by atoms with Gasteiger partial charge >= 0.3 is 5.97 Å². The second kappa shape index (κ2) is 10.4. The zero-order valence-corrected chi connectivity index (χ0v) is 19.0. The predicted molar refractivity (Wildman–Crippen MR) is 135 cm³/mol. The third-order valence-corrected chi connectivity index (χ3v) is 4.82. The number of benzene rings is 3. The maximum Gasteiger partial charge on any atom is 0.336 e. The molecule has 2 aromatic rings. The number of hydrogen-bond acceptors (Lipinski definition) is 5. The summed E-state index contributed by atoms with van der Waals surface area (Å²) in [4.78, 5) is 23.8. The number of carboxylic acid groups (broad SMARTS) is 1. The van der Waals surface area contributed by atoms with E-state index in [0.29, 0.717) is 50.6 Å². The summed E-state index contributed by atoms with van der Waals surface area (Å²) in [5.74, 6) is 0.0897. The molecule has 0 spiro atoms. The van der Waals surface area contributed by atoms with Crippen LogP contribution < -0.4 is 15.9 Å². The molecule has 6 heteroatoms. The van der Waals surface area contributed by atoms with E-state index < -0.39 is 5.97 Å². The van der Waals surface area contributed by atoms with Crippen molar-refractivity contribution >= 4 is 16.9 Å². The van der Waals surface area contributed by atoms with Crippen LogP contribution in [-0.4, -0.2) is 11.1 Å². The standard InChI is InChI=1S/C26H19NO5.C2H6/c1-15(27)7-8-16(2)31-18-10-12-22-24(14-18)32-23-13-17(28)9-11-21(23)25(22)19-5-3-4-6-20(19)26(29)30;1-2/h3-14H,1-2,27H2,(H,29,30);1-2H3/b8-7-;. The lowest BCUT2D eigenvalue weighted by Gasteiger charge is -2.17. The van der Waals surface area contributed by atoms with Crippen LogP contribution in [0.2, 0.25) is 0 Å². The number of nitrogens with two attached hydrogens (primary N) is 1. The molecule has 2 aromatic carbocycles. The smallest absolute Gasteiger partial charge is 0.336 e. The first-order valence-electron chi connectivity index (χ1n) is 10.7. The maximum atomic E-state index is 12.0. The van der Waals surface area contributed by atoms with Gasteiger partial charge in [-0.25, -0.2) is 4.79 Å². The highest BCUT2D eigenvalue weighted by atomic mass is 16.5. The Morgan fingerprint density at radius 1 is 1.00 bits per heavy atom. The quantitative estimate of drug-likeness (QED) is 0.204. The summed E-state index contributed by atoms with van der Waals surface area (Å²) in [5, 5.41) is 10.4. The fourth-order valence-corrected chi connectivity index (χ4v) is 3.48. The highest BCUT2D eigenvalue weighted by Gasteiger charge is 2.21. The molecule has 0 fully saturated rings. The molecule has 6 nitrogen and oxygen atoms in total. The normalized spacial score (nSPS) is 10.6. The monoisotopic (exact) mass is 455 g/mol. The van der Waals surface area contributed by atoms with E-state index >= 15 is 0 Å². The third-order valence-electron chi connectivity index (χ3n) is 4.82. The number of allylic oxidation sites excluding steroid dienone is 2. The van der Waals surface area contributed by atoms with Gasteiger partial charge in [-0.1, -0.05) is 45.2 Å². The Kier molecular flexibility index (Phi) is 7.33. The molecule has 0 unspecified atom stereocenters. The summed E-state index contributed by atoms with van der Waals surface area (Å²) in [6.45, 7) is 11.4. The molecule has 2 aliphatic rings. The minimum absolute atomic E-state index is 0.147. The Balaban J connectivity index is 0.00000158. The van der Waals surface area contributed by atoms with Gasteiger partial charge in [-0.05, 0) is 48.0 Å². The van der Waals surface area contributed by atoms with Crippen LogP contribution in [0.15, 0.2) is 107 Å². The highest BCUT2D eigenvalue weighted by Crippen LogP contribution is 2.42. The lowest BCUT2D eigenvalue weighted by atomic mass is 9.91. The van der Waals surface area contributed by atoms with Crippen molar-refractivity contribution in [3.63, 3.8) is 0 Å². The minimum atomic E-state index is -1.05. The van der Waals surface area contributed by atoms with E-state index in [1.54, 1.807) is 60.7 Å². The molecule has 3 N–H and O–H groups in total. The van der Waals surface area contributed by atoms with Crippen LogP contribution in [0.1, 0.15) is 24.2 Å². The largest absolute Gasteiger partial charge is 0.478 e. The van der Waals surface area contributed by atoms with E-state index in [1.807, 2.05) is 13.8 Å². The van der Waals surface area contributed by atoms with Crippen molar-refractivity contribution in [1.29, 1.82) is 0 Å². The lowest BCUT2D eigenvalue weighted by Crippen LogP contribution is -2.03. The molecule has 1 aliphatic heterocycles. The zero-order valence-electron chi connectivity index (χ0n) is 19.0. The van der Waals surface area contributed by atoms with E-state index in [0.717, 1.165) is 0 Å². The van der Waals surface area contributed by atoms with Crippen LogP contribution in [0.4, 0.5) is 0 Å². The molecule has 0 aromatic heterocycles. The summed E-state index contributed by atoms with van der Waals surface area (Å²) in [6.07, 6.45) is 3.15. The number of carboxylic acids is 1. The maximum absolute atomic E-state index is 12.0. The Labute approximate surface area is 197 Å². The summed E-state index contributed by atoms with van der Waals surface area (Å²) >= 11 is 0. The molecule has 34 heavy (non-hydrogen) atoms. The molecule has 1 aliphatic carbocycles. The van der Waals surface area contributed by atoms with Gasteiger partial charge in [0.1, 0.15) is 22.9 Å². The van der Waals surface area contributed by atoms with Gasteiger partial charge in [0.15, 0.2) is 5.43 Å². The molecule has 0 radical (unpaired) electrons. The Morgan fingerprint density at radius 2 is 1.74 bits per heavy atom. The van der Waals surface area contributed by atoms with E-state index in [-0.39, 0.29) is 11.0 Å². The van der Waals surface area contributed by atoms with Gasteiger partial charge in [0.05, 0.1) is 5.56 Å². The van der Waals surface area contributed by atoms with Crippen LogP contribution in [0.25, 0.3) is 33.4 Å². The fraction of sp³-hybridized carbons (Fsp3) is 0.0714. The van der Waals surface area contributed by atoms with Gasteiger partial charge < -0.3 is 20.0 Å². The summed E-state index contributed by atoms with van der Waals surface area (Å²) in [5.41, 5.74) is 8.05. The second-order valence-electron chi connectivity index (χ2n) is 7.12. The van der Waals surface area contributed by atoms with Crippen molar-refractivity contribution in [2.24, 2.45) is 5.73 Å². The summed E-state index contributed by atoms with van der Waals surface area (Å²) in [7, 11) is 0. The van der Waals surface area contributed by atoms with Crippen LogP contribution in [-0.2, 0) is 0 Å². The number of rotatable bonds is 6. The van der Waals surface area contributed by atoms with Gasteiger partial charge in [-0.15, -0.1) is 0 Å². The highest BCUT2D eigenvalue weighted by molar-refractivity contribution is 6.07. The van der Waals surface area contributed by atoms with Crippen molar-refractivity contribution in [2.45, 2.75) is 13.8 Å². The van der Waals surface area contributed by atoms with Crippen LogP contribution in [0.3, 0.4) is 0 Å². The predicted octanol–water partition coefficient (Wildman–Crippen LogP) is 6.21. The third kappa shape index (κ3) is 5.07. The Morgan fingerprint density at radius 3 is 2.44 bits per heavy atom. The molecule has 0 atom stereocenters. The number of fused-ring (bicyclic) bond motifs is 2.